The highest BCUT2D eigenvalue weighted by Gasteiger charge is 2.23. The van der Waals surface area contributed by atoms with Crippen LogP contribution in [0.2, 0.25) is 0 Å². The van der Waals surface area contributed by atoms with Crippen LogP contribution in [0.15, 0.2) is 12.4 Å². The Morgan fingerprint density at radius 3 is 2.81 bits per heavy atom. The topological polar surface area (TPSA) is 49.9 Å². The summed E-state index contributed by atoms with van der Waals surface area (Å²) in [6.07, 6.45) is 7.62. The Bertz CT molecular complexity index is 289. The molecule has 0 radical (unpaired) electrons. The number of hydrogen-bond acceptors (Lipinski definition) is 3. The van der Waals surface area contributed by atoms with E-state index in [4.69, 9.17) is 4.74 Å². The van der Waals surface area contributed by atoms with Gasteiger partial charge in [-0.2, -0.15) is 0 Å². The molecule has 2 unspecified atom stereocenters. The predicted molar refractivity (Wildman–Crippen MR) is 63.3 cm³/mol. The van der Waals surface area contributed by atoms with E-state index in [1.54, 1.807) is 6.20 Å². The van der Waals surface area contributed by atoms with E-state index in [1.807, 2.05) is 6.20 Å². The van der Waals surface area contributed by atoms with Crippen molar-refractivity contribution < 1.29 is 4.74 Å². The van der Waals surface area contributed by atoms with Crippen LogP contribution in [-0.2, 0) is 11.2 Å². The summed E-state index contributed by atoms with van der Waals surface area (Å²) in [6, 6.07) is 0.591. The molecular formula is C12H21N3O. The van der Waals surface area contributed by atoms with E-state index in [0.717, 1.165) is 31.6 Å². The van der Waals surface area contributed by atoms with Gasteiger partial charge in [0, 0.05) is 31.4 Å². The molecule has 90 valence electrons. The Morgan fingerprint density at radius 1 is 1.44 bits per heavy atom. The lowest BCUT2D eigenvalue weighted by atomic mass is 10.00. The molecule has 0 aliphatic carbocycles. The first-order chi connectivity index (χ1) is 7.74. The molecule has 2 heterocycles. The molecule has 0 aromatic carbocycles. The molecule has 0 saturated carbocycles. The highest BCUT2D eigenvalue weighted by molar-refractivity contribution is 4.88. The molecule has 4 nitrogen and oxygen atoms in total. The second kappa shape index (κ2) is 5.46. The lowest BCUT2D eigenvalue weighted by molar-refractivity contribution is -0.0419. The average molecular weight is 223 g/mol. The van der Waals surface area contributed by atoms with Gasteiger partial charge in [-0.15, -0.1) is 0 Å². The summed E-state index contributed by atoms with van der Waals surface area (Å²) in [5.41, 5.74) is 0. The van der Waals surface area contributed by atoms with Crippen molar-refractivity contribution >= 4 is 0 Å². The zero-order valence-corrected chi connectivity index (χ0v) is 10.1. The van der Waals surface area contributed by atoms with Crippen LogP contribution in [0.1, 0.15) is 32.5 Å². The van der Waals surface area contributed by atoms with Crippen molar-refractivity contribution in [3.8, 4) is 0 Å². The van der Waals surface area contributed by atoms with E-state index in [1.165, 1.54) is 0 Å². The van der Waals surface area contributed by atoms with Gasteiger partial charge in [0.15, 0.2) is 0 Å². The van der Waals surface area contributed by atoms with Crippen molar-refractivity contribution in [3.63, 3.8) is 0 Å². The van der Waals surface area contributed by atoms with Crippen molar-refractivity contribution in [1.82, 2.24) is 15.3 Å². The number of hydrogen-bond donors (Lipinski definition) is 2. The summed E-state index contributed by atoms with van der Waals surface area (Å²) in [4.78, 5) is 7.33. The Balaban J connectivity index is 1.69. The lowest BCUT2D eigenvalue weighted by Gasteiger charge is -2.32. The fourth-order valence-corrected chi connectivity index (χ4v) is 2.40. The first-order valence-corrected chi connectivity index (χ1v) is 6.11. The quantitative estimate of drug-likeness (QED) is 0.813. The molecule has 1 fully saturated rings. The summed E-state index contributed by atoms with van der Waals surface area (Å²) in [5.74, 6) is 1.06. The summed E-state index contributed by atoms with van der Waals surface area (Å²) < 4.78 is 5.71. The van der Waals surface area contributed by atoms with E-state index >= 15 is 0 Å². The smallest absolute Gasteiger partial charge is 0.107 e. The molecule has 0 bridgehead atoms. The van der Waals surface area contributed by atoms with Gasteiger partial charge in [0.1, 0.15) is 5.82 Å². The normalized spacial score (nSPS) is 30.5. The van der Waals surface area contributed by atoms with E-state index < -0.39 is 0 Å². The standard InChI is InChI=1S/C12H21N3O/c1-9-7-11(8-10(2)16-9)13-4-3-12-14-5-6-15-12/h5-6,9-11,13H,3-4,7-8H2,1-2H3,(H,14,15). The third-order valence-electron chi connectivity index (χ3n) is 3.05. The van der Waals surface area contributed by atoms with Gasteiger partial charge in [0.2, 0.25) is 0 Å². The minimum absolute atomic E-state index is 0.380. The second-order valence-electron chi connectivity index (χ2n) is 4.67. The molecule has 1 aliphatic heterocycles. The highest BCUT2D eigenvalue weighted by atomic mass is 16.5. The molecule has 1 saturated heterocycles. The van der Waals surface area contributed by atoms with Gasteiger partial charge in [0.05, 0.1) is 12.2 Å². The summed E-state index contributed by atoms with van der Waals surface area (Å²) in [7, 11) is 0. The number of nitrogens with one attached hydrogen (secondary N) is 2. The zero-order chi connectivity index (χ0) is 11.4. The van der Waals surface area contributed by atoms with E-state index in [9.17, 15) is 0 Å². The molecule has 4 heteroatoms. The van der Waals surface area contributed by atoms with E-state index in [-0.39, 0.29) is 0 Å². The maximum atomic E-state index is 5.71. The molecule has 1 aliphatic rings. The van der Waals surface area contributed by atoms with E-state index in [0.29, 0.717) is 18.2 Å². The van der Waals surface area contributed by atoms with Crippen LogP contribution in [0.4, 0.5) is 0 Å². The lowest BCUT2D eigenvalue weighted by Crippen LogP contribution is -2.42. The number of H-pyrrole nitrogens is 1. The summed E-state index contributed by atoms with van der Waals surface area (Å²) in [5, 5.41) is 3.58. The van der Waals surface area contributed by atoms with Crippen LogP contribution in [0, 0.1) is 0 Å². The first kappa shape index (κ1) is 11.6. The molecule has 0 spiro atoms. The fourth-order valence-electron chi connectivity index (χ4n) is 2.40. The molecule has 2 N–H and O–H groups in total. The Morgan fingerprint density at radius 2 is 2.19 bits per heavy atom. The van der Waals surface area contributed by atoms with Gasteiger partial charge < -0.3 is 15.0 Å². The van der Waals surface area contributed by atoms with Gasteiger partial charge in [-0.1, -0.05) is 0 Å². The Hall–Kier alpha value is -0.870. The molecule has 1 aromatic rings. The van der Waals surface area contributed by atoms with Crippen LogP contribution in [0.5, 0.6) is 0 Å². The maximum Gasteiger partial charge on any atom is 0.107 e. The molecule has 2 atom stereocenters. The zero-order valence-electron chi connectivity index (χ0n) is 10.1. The number of rotatable bonds is 4. The number of aromatic amines is 1. The average Bonchev–Trinajstić information content (AvgIpc) is 2.69. The monoisotopic (exact) mass is 223 g/mol. The number of nitrogens with zero attached hydrogens (tertiary/aromatic N) is 1. The van der Waals surface area contributed by atoms with Crippen molar-refractivity contribution in [1.29, 1.82) is 0 Å². The number of aromatic nitrogens is 2. The molecule has 0 amide bonds. The van der Waals surface area contributed by atoms with E-state index in [2.05, 4.69) is 29.1 Å². The van der Waals surface area contributed by atoms with Gasteiger partial charge in [-0.3, -0.25) is 0 Å². The van der Waals surface area contributed by atoms with Crippen molar-refractivity contribution in [2.45, 2.75) is 51.4 Å². The largest absolute Gasteiger partial charge is 0.375 e. The summed E-state index contributed by atoms with van der Waals surface area (Å²) in [6.45, 7) is 5.28. The molecule has 16 heavy (non-hydrogen) atoms. The highest BCUT2D eigenvalue weighted by Crippen LogP contribution is 2.18. The van der Waals surface area contributed by atoms with Gasteiger partial charge in [-0.05, 0) is 26.7 Å². The third kappa shape index (κ3) is 3.32. The molecule has 2 rings (SSSR count). The van der Waals surface area contributed by atoms with Crippen LogP contribution < -0.4 is 5.32 Å². The Kier molecular flexibility index (Phi) is 3.96. The van der Waals surface area contributed by atoms with Gasteiger partial charge in [0.25, 0.3) is 0 Å². The van der Waals surface area contributed by atoms with Crippen LogP contribution >= 0.6 is 0 Å². The van der Waals surface area contributed by atoms with Crippen molar-refractivity contribution in [2.75, 3.05) is 6.54 Å². The molecular weight excluding hydrogens is 202 g/mol. The summed E-state index contributed by atoms with van der Waals surface area (Å²) >= 11 is 0. The first-order valence-electron chi connectivity index (χ1n) is 6.11. The van der Waals surface area contributed by atoms with Crippen molar-refractivity contribution in [3.05, 3.63) is 18.2 Å². The van der Waals surface area contributed by atoms with Crippen LogP contribution in [0.25, 0.3) is 0 Å². The number of imidazole rings is 1. The second-order valence-corrected chi connectivity index (χ2v) is 4.67. The van der Waals surface area contributed by atoms with Crippen LogP contribution in [0.3, 0.4) is 0 Å². The minimum atomic E-state index is 0.380. The van der Waals surface area contributed by atoms with Gasteiger partial charge >= 0.3 is 0 Å². The van der Waals surface area contributed by atoms with Gasteiger partial charge in [-0.25, -0.2) is 4.98 Å². The maximum absolute atomic E-state index is 5.71. The minimum Gasteiger partial charge on any atom is -0.375 e. The molecule has 1 aromatic heterocycles. The predicted octanol–water partition coefficient (Wildman–Crippen LogP) is 1.50. The van der Waals surface area contributed by atoms with Crippen LogP contribution in [-0.4, -0.2) is 34.8 Å². The Labute approximate surface area is 96.8 Å². The SMILES string of the molecule is CC1CC(NCCc2ncc[nH]2)CC(C)O1. The third-order valence-corrected chi connectivity index (χ3v) is 3.05. The fraction of sp³-hybridized carbons (Fsp3) is 0.750. The van der Waals surface area contributed by atoms with Crippen molar-refractivity contribution in [2.24, 2.45) is 0 Å². The number of ether oxygens (including phenoxy) is 1.